The molecule has 0 spiro atoms. The van der Waals surface area contributed by atoms with Crippen LogP contribution in [0.15, 0.2) is 6.20 Å². The summed E-state index contributed by atoms with van der Waals surface area (Å²) in [6, 6.07) is 0. The number of nitrogens with one attached hydrogen (secondary N) is 1. The topological polar surface area (TPSA) is 41.1 Å². The Balaban J connectivity index is 1.79. The van der Waals surface area contributed by atoms with Crippen LogP contribution in [0.2, 0.25) is 5.02 Å². The van der Waals surface area contributed by atoms with Crippen LogP contribution < -0.4 is 10.2 Å². The molecular weight excluding hydrogens is 260 g/mol. The zero-order valence-electron chi connectivity index (χ0n) is 11.4. The van der Waals surface area contributed by atoms with Crippen LogP contribution in [-0.4, -0.2) is 29.6 Å². The Morgan fingerprint density at radius 1 is 1.26 bits per heavy atom. The highest BCUT2D eigenvalue weighted by Gasteiger charge is 2.30. The summed E-state index contributed by atoms with van der Waals surface area (Å²) in [5, 5.41) is 3.83. The summed E-state index contributed by atoms with van der Waals surface area (Å²) < 4.78 is 0. The lowest BCUT2D eigenvalue weighted by atomic mass is 10.3. The van der Waals surface area contributed by atoms with Crippen molar-refractivity contribution in [3.63, 3.8) is 0 Å². The molecule has 1 N–H and O–H groups in total. The monoisotopic (exact) mass is 280 g/mol. The maximum Gasteiger partial charge on any atom is 0.224 e. The molecule has 5 heteroatoms. The number of rotatable bonds is 7. The molecular formula is C14H21ClN4. The van der Waals surface area contributed by atoms with Crippen molar-refractivity contribution in [2.24, 2.45) is 11.8 Å². The zero-order valence-corrected chi connectivity index (χ0v) is 12.2. The van der Waals surface area contributed by atoms with E-state index >= 15 is 0 Å². The van der Waals surface area contributed by atoms with E-state index < -0.39 is 0 Å². The fourth-order valence-corrected chi connectivity index (χ4v) is 2.51. The molecule has 0 amide bonds. The van der Waals surface area contributed by atoms with Crippen molar-refractivity contribution in [2.75, 3.05) is 29.9 Å². The van der Waals surface area contributed by atoms with E-state index in [1.54, 1.807) is 6.20 Å². The fraction of sp³-hybridized carbons (Fsp3) is 0.714. The molecule has 19 heavy (non-hydrogen) atoms. The van der Waals surface area contributed by atoms with E-state index in [2.05, 4.69) is 20.2 Å². The van der Waals surface area contributed by atoms with Gasteiger partial charge in [-0.2, -0.15) is 4.98 Å². The molecule has 0 radical (unpaired) electrons. The van der Waals surface area contributed by atoms with Crippen LogP contribution in [0.3, 0.4) is 0 Å². The van der Waals surface area contributed by atoms with Crippen molar-refractivity contribution in [3.8, 4) is 0 Å². The van der Waals surface area contributed by atoms with Gasteiger partial charge in [0.15, 0.2) is 5.82 Å². The average molecular weight is 281 g/mol. The number of aromatic nitrogens is 2. The highest BCUT2D eigenvalue weighted by molar-refractivity contribution is 6.32. The van der Waals surface area contributed by atoms with Crippen molar-refractivity contribution in [2.45, 2.75) is 32.6 Å². The van der Waals surface area contributed by atoms with Gasteiger partial charge in [-0.3, -0.25) is 0 Å². The van der Waals surface area contributed by atoms with Gasteiger partial charge in [-0.1, -0.05) is 11.6 Å². The minimum Gasteiger partial charge on any atom is -0.355 e. The van der Waals surface area contributed by atoms with Crippen molar-refractivity contribution in [1.82, 2.24) is 9.97 Å². The third-order valence-electron chi connectivity index (χ3n) is 3.71. The van der Waals surface area contributed by atoms with E-state index in [1.807, 2.05) is 6.92 Å². The van der Waals surface area contributed by atoms with Crippen LogP contribution in [0.1, 0.15) is 32.6 Å². The molecule has 2 aliphatic carbocycles. The van der Waals surface area contributed by atoms with Gasteiger partial charge in [-0.15, -0.1) is 0 Å². The van der Waals surface area contributed by atoms with Gasteiger partial charge in [-0.05, 0) is 44.4 Å². The van der Waals surface area contributed by atoms with Crippen LogP contribution >= 0.6 is 11.6 Å². The van der Waals surface area contributed by atoms with Gasteiger partial charge >= 0.3 is 0 Å². The fourth-order valence-electron chi connectivity index (χ4n) is 2.29. The molecule has 2 aliphatic rings. The molecule has 0 saturated heterocycles. The molecule has 1 aromatic rings. The number of hydrogen-bond acceptors (Lipinski definition) is 4. The number of anilines is 2. The molecule has 0 bridgehead atoms. The van der Waals surface area contributed by atoms with Gasteiger partial charge in [0.1, 0.15) is 5.02 Å². The summed E-state index contributed by atoms with van der Waals surface area (Å²) >= 11 is 6.30. The zero-order chi connectivity index (χ0) is 13.2. The molecule has 2 fully saturated rings. The second kappa shape index (κ2) is 5.53. The Bertz CT molecular complexity index is 429. The lowest BCUT2D eigenvalue weighted by Crippen LogP contribution is -2.29. The molecule has 0 unspecified atom stereocenters. The highest BCUT2D eigenvalue weighted by Crippen LogP contribution is 2.37. The van der Waals surface area contributed by atoms with E-state index in [1.165, 1.54) is 25.7 Å². The maximum atomic E-state index is 6.30. The minimum atomic E-state index is 0.669. The van der Waals surface area contributed by atoms with Crippen LogP contribution in [0.5, 0.6) is 0 Å². The van der Waals surface area contributed by atoms with Crippen LogP contribution in [0.25, 0.3) is 0 Å². The third kappa shape index (κ3) is 3.50. The van der Waals surface area contributed by atoms with Crippen LogP contribution in [0, 0.1) is 11.8 Å². The largest absolute Gasteiger partial charge is 0.355 e. The van der Waals surface area contributed by atoms with Gasteiger partial charge in [0.2, 0.25) is 5.95 Å². The summed E-state index contributed by atoms with van der Waals surface area (Å²) in [5.41, 5.74) is 0. The Morgan fingerprint density at radius 3 is 2.42 bits per heavy atom. The van der Waals surface area contributed by atoms with E-state index in [4.69, 9.17) is 11.6 Å². The molecule has 2 saturated carbocycles. The molecule has 0 atom stereocenters. The van der Waals surface area contributed by atoms with E-state index in [0.29, 0.717) is 11.0 Å². The molecule has 0 aromatic carbocycles. The second-order valence-electron chi connectivity index (χ2n) is 5.69. The summed E-state index contributed by atoms with van der Waals surface area (Å²) in [4.78, 5) is 11.2. The second-order valence-corrected chi connectivity index (χ2v) is 6.09. The smallest absolute Gasteiger partial charge is 0.224 e. The summed E-state index contributed by atoms with van der Waals surface area (Å²) in [5.74, 6) is 3.27. The maximum absolute atomic E-state index is 6.30. The van der Waals surface area contributed by atoms with E-state index in [9.17, 15) is 0 Å². The SMILES string of the molecule is CCNc1ncc(Cl)c(N(CC2CC2)CC2CC2)n1. The molecule has 0 aliphatic heterocycles. The van der Waals surface area contributed by atoms with Gasteiger partial charge < -0.3 is 10.2 Å². The van der Waals surface area contributed by atoms with Crippen molar-refractivity contribution < 1.29 is 0 Å². The quantitative estimate of drug-likeness (QED) is 0.833. The van der Waals surface area contributed by atoms with Gasteiger partial charge in [0.25, 0.3) is 0 Å². The van der Waals surface area contributed by atoms with Crippen LogP contribution in [-0.2, 0) is 0 Å². The molecule has 1 heterocycles. The first kappa shape index (κ1) is 13.0. The predicted octanol–water partition coefficient (Wildman–Crippen LogP) is 3.19. The average Bonchev–Trinajstić information content (AvgIpc) is 3.26. The minimum absolute atomic E-state index is 0.669. The first-order valence-corrected chi connectivity index (χ1v) is 7.65. The lowest BCUT2D eigenvalue weighted by molar-refractivity contribution is 0.671. The Morgan fingerprint density at radius 2 is 1.89 bits per heavy atom. The van der Waals surface area contributed by atoms with E-state index in [0.717, 1.165) is 37.3 Å². The van der Waals surface area contributed by atoms with E-state index in [-0.39, 0.29) is 0 Å². The number of halogens is 1. The summed E-state index contributed by atoms with van der Waals surface area (Å²) in [7, 11) is 0. The van der Waals surface area contributed by atoms with Gasteiger partial charge in [-0.25, -0.2) is 4.98 Å². The summed E-state index contributed by atoms with van der Waals surface area (Å²) in [6.45, 7) is 5.06. The van der Waals surface area contributed by atoms with Crippen molar-refractivity contribution in [3.05, 3.63) is 11.2 Å². The molecule has 3 rings (SSSR count). The number of hydrogen-bond donors (Lipinski definition) is 1. The normalized spacial score (nSPS) is 18.4. The van der Waals surface area contributed by atoms with Crippen molar-refractivity contribution in [1.29, 1.82) is 0 Å². The van der Waals surface area contributed by atoms with Gasteiger partial charge in [0.05, 0.1) is 6.20 Å². The highest BCUT2D eigenvalue weighted by atomic mass is 35.5. The van der Waals surface area contributed by atoms with Crippen molar-refractivity contribution >= 4 is 23.4 Å². The standard InChI is InChI=1S/C14H21ClN4/c1-2-16-14-17-7-12(15)13(18-14)19(8-10-3-4-10)9-11-5-6-11/h7,10-11H,2-6,8-9H2,1H3,(H,16,17,18). The van der Waals surface area contributed by atoms with Gasteiger partial charge in [0, 0.05) is 19.6 Å². The predicted molar refractivity (Wildman–Crippen MR) is 78.9 cm³/mol. The third-order valence-corrected chi connectivity index (χ3v) is 3.98. The Kier molecular flexibility index (Phi) is 3.78. The lowest BCUT2D eigenvalue weighted by Gasteiger charge is -2.24. The Hall–Kier alpha value is -1.03. The Labute approximate surface area is 119 Å². The van der Waals surface area contributed by atoms with Crippen LogP contribution in [0.4, 0.5) is 11.8 Å². The summed E-state index contributed by atoms with van der Waals surface area (Å²) in [6.07, 6.45) is 7.12. The first-order chi connectivity index (χ1) is 9.26. The first-order valence-electron chi connectivity index (χ1n) is 7.27. The molecule has 1 aromatic heterocycles. The molecule has 4 nitrogen and oxygen atoms in total. The number of nitrogens with zero attached hydrogens (tertiary/aromatic N) is 3. The molecule has 104 valence electrons.